The molecule has 122 valence electrons. The number of fused-ring (bicyclic) bond motifs is 1. The van der Waals surface area contributed by atoms with E-state index >= 15 is 0 Å². The van der Waals surface area contributed by atoms with Crippen LogP contribution in [0.1, 0.15) is 22.7 Å². The molecule has 2 nitrogen and oxygen atoms in total. The van der Waals surface area contributed by atoms with Gasteiger partial charge in [0.25, 0.3) is 0 Å². The molecule has 0 bridgehead atoms. The number of hydrogen-bond donors (Lipinski definition) is 0. The Hall–Kier alpha value is -1.58. The lowest BCUT2D eigenvalue weighted by atomic mass is 9.97. The van der Waals surface area contributed by atoms with E-state index in [0.717, 1.165) is 16.8 Å². The predicted octanol–water partition coefficient (Wildman–Crippen LogP) is 4.62. The van der Waals surface area contributed by atoms with Gasteiger partial charge in [0.15, 0.2) is 0 Å². The molecule has 0 aliphatic carbocycles. The Kier molecular flexibility index (Phi) is 4.11. The van der Waals surface area contributed by atoms with Crippen LogP contribution in [-0.2, 0) is 6.54 Å². The molecule has 0 unspecified atom stereocenters. The lowest BCUT2D eigenvalue weighted by Crippen LogP contribution is -2.52. The van der Waals surface area contributed by atoms with E-state index in [1.807, 2.05) is 0 Å². The van der Waals surface area contributed by atoms with Gasteiger partial charge in [-0.3, -0.25) is 0 Å². The Morgan fingerprint density at radius 2 is 1.70 bits per heavy atom. The van der Waals surface area contributed by atoms with Gasteiger partial charge in [0.2, 0.25) is 0 Å². The maximum atomic E-state index is 5.34. The lowest BCUT2D eigenvalue weighted by Gasteiger charge is -2.40. The van der Waals surface area contributed by atoms with Gasteiger partial charge in [-0.2, -0.15) is 0 Å². The molecule has 0 saturated heterocycles. The van der Waals surface area contributed by atoms with Gasteiger partial charge in [-0.05, 0) is 24.3 Å². The molecule has 1 aliphatic rings. The number of hydrogen-bond acceptors (Lipinski definition) is 1. The van der Waals surface area contributed by atoms with E-state index in [0.29, 0.717) is 6.04 Å². The third-order valence-electron chi connectivity index (χ3n) is 4.77. The van der Waals surface area contributed by atoms with Crippen molar-refractivity contribution in [1.29, 1.82) is 0 Å². The standard InChI is InChI=1S/C20H28NOSi/c1-21(15-23(3,4)5)14-17-8-6-7-9-19(17)20(21)16-10-12-18(22-2)13-11-16/h6-13,20H,14-15H2,1-5H3/q+1/t20-,21-/m0/s1. The molecule has 0 radical (unpaired) electrons. The van der Waals surface area contributed by atoms with Crippen LogP contribution in [0.2, 0.25) is 19.6 Å². The van der Waals surface area contributed by atoms with E-state index in [9.17, 15) is 0 Å². The fraction of sp³-hybridized carbons (Fsp3) is 0.400. The van der Waals surface area contributed by atoms with Crippen molar-refractivity contribution in [3.63, 3.8) is 0 Å². The fourth-order valence-electron chi connectivity index (χ4n) is 4.32. The summed E-state index contributed by atoms with van der Waals surface area (Å²) in [6, 6.07) is 18.1. The quantitative estimate of drug-likeness (QED) is 0.588. The van der Waals surface area contributed by atoms with Gasteiger partial charge in [-0.25, -0.2) is 0 Å². The minimum absolute atomic E-state index is 0.434. The van der Waals surface area contributed by atoms with Crippen molar-refractivity contribution in [3.05, 3.63) is 65.2 Å². The molecule has 2 aromatic carbocycles. The molecular weight excluding hydrogens is 298 g/mol. The molecule has 2 aromatic rings. The van der Waals surface area contributed by atoms with Crippen molar-refractivity contribution in [1.82, 2.24) is 0 Å². The van der Waals surface area contributed by atoms with Crippen LogP contribution in [0.3, 0.4) is 0 Å². The molecule has 0 N–H and O–H groups in total. The minimum Gasteiger partial charge on any atom is -0.497 e. The molecule has 1 heterocycles. The molecule has 0 spiro atoms. The van der Waals surface area contributed by atoms with Crippen molar-refractivity contribution in [2.24, 2.45) is 0 Å². The average molecular weight is 327 g/mol. The molecular formula is C20H28NOSi+. The van der Waals surface area contributed by atoms with Crippen LogP contribution in [0.15, 0.2) is 48.5 Å². The van der Waals surface area contributed by atoms with Gasteiger partial charge in [0.1, 0.15) is 26.4 Å². The summed E-state index contributed by atoms with van der Waals surface area (Å²) in [5, 5.41) is 0. The summed E-state index contributed by atoms with van der Waals surface area (Å²) in [6.07, 6.45) is 1.29. The highest BCUT2D eigenvalue weighted by atomic mass is 28.3. The average Bonchev–Trinajstić information content (AvgIpc) is 2.76. The molecule has 2 atom stereocenters. The van der Waals surface area contributed by atoms with Crippen LogP contribution in [0.25, 0.3) is 0 Å². The summed E-state index contributed by atoms with van der Waals surface area (Å²) in [7, 11) is 2.99. The molecule has 0 aromatic heterocycles. The van der Waals surface area contributed by atoms with E-state index in [4.69, 9.17) is 4.74 Å². The van der Waals surface area contributed by atoms with Crippen molar-refractivity contribution in [2.45, 2.75) is 32.2 Å². The molecule has 0 saturated carbocycles. The first-order chi connectivity index (χ1) is 10.8. The van der Waals surface area contributed by atoms with Crippen LogP contribution < -0.4 is 4.74 Å². The second-order valence-corrected chi connectivity index (χ2v) is 13.7. The Labute approximate surface area is 141 Å². The van der Waals surface area contributed by atoms with Crippen molar-refractivity contribution < 1.29 is 9.22 Å². The number of ether oxygens (including phenoxy) is 1. The van der Waals surface area contributed by atoms with Crippen LogP contribution in [0.4, 0.5) is 0 Å². The highest BCUT2D eigenvalue weighted by Gasteiger charge is 2.45. The maximum Gasteiger partial charge on any atom is 0.141 e. The summed E-state index contributed by atoms with van der Waals surface area (Å²) >= 11 is 0. The highest BCUT2D eigenvalue weighted by molar-refractivity contribution is 6.76. The molecule has 3 heteroatoms. The van der Waals surface area contributed by atoms with Gasteiger partial charge in [0, 0.05) is 16.7 Å². The first-order valence-electron chi connectivity index (χ1n) is 8.38. The summed E-state index contributed by atoms with van der Waals surface area (Å²) < 4.78 is 6.43. The maximum absolute atomic E-state index is 5.34. The number of rotatable bonds is 4. The van der Waals surface area contributed by atoms with E-state index in [-0.39, 0.29) is 0 Å². The molecule has 23 heavy (non-hydrogen) atoms. The topological polar surface area (TPSA) is 9.23 Å². The Morgan fingerprint density at radius 1 is 1.04 bits per heavy atom. The number of nitrogens with zero attached hydrogens (tertiary/aromatic N) is 1. The third kappa shape index (κ3) is 3.21. The first-order valence-corrected chi connectivity index (χ1v) is 12.1. The van der Waals surface area contributed by atoms with Crippen molar-refractivity contribution >= 4 is 8.07 Å². The van der Waals surface area contributed by atoms with Crippen molar-refractivity contribution in [3.8, 4) is 5.75 Å². The highest BCUT2D eigenvalue weighted by Crippen LogP contribution is 2.44. The van der Waals surface area contributed by atoms with E-state index < -0.39 is 8.07 Å². The van der Waals surface area contributed by atoms with Gasteiger partial charge >= 0.3 is 0 Å². The van der Waals surface area contributed by atoms with E-state index in [2.05, 4.69) is 75.2 Å². The Morgan fingerprint density at radius 3 is 2.30 bits per heavy atom. The van der Waals surface area contributed by atoms with Crippen LogP contribution in [-0.4, -0.2) is 32.9 Å². The van der Waals surface area contributed by atoms with E-state index in [1.165, 1.54) is 22.9 Å². The van der Waals surface area contributed by atoms with Gasteiger partial charge in [0.05, 0.1) is 20.3 Å². The SMILES string of the molecule is COc1ccc([C@H]2c3ccccc3C[N@@+]2(C)C[Si](C)(C)C)cc1. The largest absolute Gasteiger partial charge is 0.497 e. The zero-order valence-corrected chi connectivity index (χ0v) is 16.0. The smallest absolute Gasteiger partial charge is 0.141 e. The fourth-order valence-corrected chi connectivity index (χ4v) is 6.78. The second kappa shape index (κ2) is 5.80. The third-order valence-corrected chi connectivity index (χ3v) is 6.44. The summed E-state index contributed by atoms with van der Waals surface area (Å²) in [5.74, 6) is 0.930. The normalized spacial score (nSPS) is 23.6. The molecule has 0 amide bonds. The molecule has 0 fully saturated rings. The van der Waals surface area contributed by atoms with Crippen molar-refractivity contribution in [2.75, 3.05) is 20.3 Å². The molecule has 1 aliphatic heterocycles. The van der Waals surface area contributed by atoms with E-state index in [1.54, 1.807) is 7.11 Å². The number of quaternary nitrogens is 1. The second-order valence-electron chi connectivity index (χ2n) is 8.23. The summed E-state index contributed by atoms with van der Waals surface area (Å²) in [5.41, 5.74) is 4.41. The first kappa shape index (κ1) is 16.3. The van der Waals surface area contributed by atoms with Gasteiger partial charge in [-0.1, -0.05) is 43.9 Å². The predicted molar refractivity (Wildman–Crippen MR) is 99.4 cm³/mol. The summed E-state index contributed by atoms with van der Waals surface area (Å²) in [6.45, 7) is 8.57. The molecule has 3 rings (SSSR count). The Balaban J connectivity index is 2.06. The van der Waals surface area contributed by atoms with Crippen LogP contribution in [0, 0.1) is 0 Å². The number of benzene rings is 2. The van der Waals surface area contributed by atoms with Crippen LogP contribution in [0.5, 0.6) is 5.75 Å². The number of methoxy groups -OCH3 is 1. The Bertz CT molecular complexity index is 690. The summed E-state index contributed by atoms with van der Waals surface area (Å²) in [4.78, 5) is 0. The monoisotopic (exact) mass is 326 g/mol. The van der Waals surface area contributed by atoms with Gasteiger partial charge < -0.3 is 9.22 Å². The van der Waals surface area contributed by atoms with Crippen LogP contribution >= 0.6 is 0 Å². The minimum atomic E-state index is -1.18. The lowest BCUT2D eigenvalue weighted by molar-refractivity contribution is -0.930. The zero-order valence-electron chi connectivity index (χ0n) is 15.0. The van der Waals surface area contributed by atoms with Gasteiger partial charge in [-0.15, -0.1) is 0 Å². The zero-order chi connectivity index (χ0) is 16.7.